The van der Waals surface area contributed by atoms with E-state index >= 15 is 0 Å². The molecular formula is C15H24O2. The maximum Gasteiger partial charge on any atom is -0.0159 e. The molecule has 17 heavy (non-hydrogen) atoms. The van der Waals surface area contributed by atoms with Crippen LogP contribution in [0.15, 0.2) is 24.3 Å². The van der Waals surface area contributed by atoms with Crippen LogP contribution in [0.25, 0.3) is 0 Å². The van der Waals surface area contributed by atoms with Crippen molar-refractivity contribution in [2.24, 2.45) is 0 Å². The van der Waals surface area contributed by atoms with E-state index in [9.17, 15) is 0 Å². The number of rotatable bonds is 2. The molecule has 1 aliphatic carbocycles. The Kier molecular flexibility index (Phi) is 6.23. The van der Waals surface area contributed by atoms with E-state index in [2.05, 4.69) is 38.1 Å². The zero-order valence-corrected chi connectivity index (χ0v) is 10.9. The van der Waals surface area contributed by atoms with Crippen LogP contribution < -0.4 is 0 Å². The maximum atomic E-state index is 6.00. The number of hydrogen-bond acceptors (Lipinski definition) is 2. The van der Waals surface area contributed by atoms with Gasteiger partial charge in [-0.05, 0) is 35.8 Å². The molecule has 0 bridgehead atoms. The second-order valence-electron chi connectivity index (χ2n) is 5.12. The molecule has 0 radical (unpaired) electrons. The summed E-state index contributed by atoms with van der Waals surface area (Å²) in [5.74, 6) is 1.51. The topological polar surface area (TPSA) is 40.5 Å². The Hall–Kier alpha value is -0.860. The second-order valence-corrected chi connectivity index (χ2v) is 5.12. The predicted octanol–water partition coefficient (Wildman–Crippen LogP) is 4.88. The van der Waals surface area contributed by atoms with Crippen molar-refractivity contribution in [3.8, 4) is 0 Å². The first-order valence-electron chi connectivity index (χ1n) is 6.58. The molecule has 0 amide bonds. The maximum absolute atomic E-state index is 6.00. The molecule has 0 spiro atoms. The van der Waals surface area contributed by atoms with Gasteiger partial charge in [0, 0.05) is 0 Å². The van der Waals surface area contributed by atoms with E-state index in [1.165, 1.54) is 32.1 Å². The van der Waals surface area contributed by atoms with Crippen LogP contribution in [0.3, 0.4) is 0 Å². The Bertz CT molecular complexity index is 314. The predicted molar refractivity (Wildman–Crippen MR) is 71.6 cm³/mol. The van der Waals surface area contributed by atoms with Crippen LogP contribution >= 0.6 is 0 Å². The zero-order chi connectivity index (χ0) is 12.7. The third-order valence-electron chi connectivity index (χ3n) is 3.66. The lowest BCUT2D eigenvalue weighted by Crippen LogP contribution is -2.07. The third-order valence-corrected chi connectivity index (χ3v) is 3.66. The van der Waals surface area contributed by atoms with Crippen LogP contribution in [0.1, 0.15) is 68.9 Å². The van der Waals surface area contributed by atoms with Gasteiger partial charge in [-0.15, -0.1) is 0 Å². The molecule has 2 heteroatoms. The molecule has 1 fully saturated rings. The Morgan fingerprint density at radius 3 is 2.18 bits per heavy atom. The van der Waals surface area contributed by atoms with Gasteiger partial charge in [-0.25, -0.2) is 0 Å². The van der Waals surface area contributed by atoms with Crippen molar-refractivity contribution in [1.82, 2.24) is 0 Å². The molecule has 1 aromatic carbocycles. The summed E-state index contributed by atoms with van der Waals surface area (Å²) in [5, 5.41) is 12.0. The van der Waals surface area contributed by atoms with E-state index in [0.29, 0.717) is 5.92 Å². The molecule has 0 aliphatic heterocycles. The number of hydrogen-bond donors (Lipinski definition) is 2. The van der Waals surface area contributed by atoms with Gasteiger partial charge in [0.2, 0.25) is 0 Å². The average molecular weight is 236 g/mol. The van der Waals surface area contributed by atoms with Crippen molar-refractivity contribution in [3.63, 3.8) is 0 Å². The van der Waals surface area contributed by atoms with E-state index < -0.39 is 0 Å². The Labute approximate surface area is 104 Å². The van der Waals surface area contributed by atoms with E-state index in [4.69, 9.17) is 10.5 Å². The lowest BCUT2D eigenvalue weighted by Gasteiger charge is -2.25. The fourth-order valence-corrected chi connectivity index (χ4v) is 2.82. The molecule has 96 valence electrons. The molecule has 2 nitrogen and oxygen atoms in total. The van der Waals surface area contributed by atoms with E-state index in [1.54, 1.807) is 11.1 Å². The summed E-state index contributed by atoms with van der Waals surface area (Å²) in [6.07, 6.45) is 7.11. The van der Waals surface area contributed by atoms with Gasteiger partial charge in [0.1, 0.15) is 0 Å². The van der Waals surface area contributed by atoms with Gasteiger partial charge < -0.3 is 0 Å². The highest BCUT2D eigenvalue weighted by atomic mass is 17.0. The first-order chi connectivity index (χ1) is 8.29. The standard InChI is InChI=1S/C15H22.H2O2/c1-12(2)14-10-6-7-11-15(14)13-8-4-3-5-9-13;1-2/h6-7,10-13H,3-5,8-9H2,1-2H3;1-2H. The van der Waals surface area contributed by atoms with Crippen molar-refractivity contribution in [1.29, 1.82) is 0 Å². The van der Waals surface area contributed by atoms with Gasteiger partial charge in [-0.1, -0.05) is 57.4 Å². The smallest absolute Gasteiger partial charge is 0.0159 e. The minimum Gasteiger partial charge on any atom is -0.255 e. The Morgan fingerprint density at radius 1 is 1.00 bits per heavy atom. The van der Waals surface area contributed by atoms with Gasteiger partial charge in [-0.3, -0.25) is 10.5 Å². The molecule has 0 aromatic heterocycles. The summed E-state index contributed by atoms with van der Waals surface area (Å²) in [5.41, 5.74) is 3.21. The molecule has 0 unspecified atom stereocenters. The fraction of sp³-hybridized carbons (Fsp3) is 0.600. The Morgan fingerprint density at radius 2 is 1.59 bits per heavy atom. The van der Waals surface area contributed by atoms with Gasteiger partial charge in [-0.2, -0.15) is 0 Å². The van der Waals surface area contributed by atoms with Crippen LogP contribution in [0.4, 0.5) is 0 Å². The molecule has 0 atom stereocenters. The fourth-order valence-electron chi connectivity index (χ4n) is 2.82. The summed E-state index contributed by atoms with van der Waals surface area (Å²) in [7, 11) is 0. The first kappa shape index (κ1) is 14.2. The summed E-state index contributed by atoms with van der Waals surface area (Å²) < 4.78 is 0. The lowest BCUT2D eigenvalue weighted by atomic mass is 9.80. The van der Waals surface area contributed by atoms with Crippen LogP contribution in [0.2, 0.25) is 0 Å². The van der Waals surface area contributed by atoms with Crippen molar-refractivity contribution >= 4 is 0 Å². The van der Waals surface area contributed by atoms with Gasteiger partial charge in [0.25, 0.3) is 0 Å². The van der Waals surface area contributed by atoms with Crippen LogP contribution in [0, 0.1) is 0 Å². The second kappa shape index (κ2) is 7.46. The Balaban J connectivity index is 0.000000686. The first-order valence-corrected chi connectivity index (χ1v) is 6.58. The zero-order valence-electron chi connectivity index (χ0n) is 10.9. The molecular weight excluding hydrogens is 212 g/mol. The lowest BCUT2D eigenvalue weighted by molar-refractivity contribution is -0.176. The molecule has 2 rings (SSSR count). The van der Waals surface area contributed by atoms with E-state index in [1.807, 2.05) is 0 Å². The highest BCUT2D eigenvalue weighted by Crippen LogP contribution is 2.36. The normalized spacial score (nSPS) is 16.5. The van der Waals surface area contributed by atoms with E-state index in [-0.39, 0.29) is 0 Å². The summed E-state index contributed by atoms with van der Waals surface area (Å²) in [6, 6.07) is 9.05. The molecule has 1 aromatic rings. The van der Waals surface area contributed by atoms with Gasteiger partial charge in [0.15, 0.2) is 0 Å². The van der Waals surface area contributed by atoms with Crippen molar-refractivity contribution in [2.45, 2.75) is 57.8 Å². The molecule has 0 saturated heterocycles. The van der Waals surface area contributed by atoms with Gasteiger partial charge in [0.05, 0.1) is 0 Å². The third kappa shape index (κ3) is 3.83. The summed E-state index contributed by atoms with van der Waals surface area (Å²) in [6.45, 7) is 4.61. The SMILES string of the molecule is CC(C)c1ccccc1C1CCCCC1.OO. The van der Waals surface area contributed by atoms with Crippen molar-refractivity contribution in [2.75, 3.05) is 0 Å². The quantitative estimate of drug-likeness (QED) is 0.567. The van der Waals surface area contributed by atoms with Gasteiger partial charge >= 0.3 is 0 Å². The largest absolute Gasteiger partial charge is 0.255 e. The monoisotopic (exact) mass is 236 g/mol. The highest BCUT2D eigenvalue weighted by molar-refractivity contribution is 5.32. The van der Waals surface area contributed by atoms with Crippen molar-refractivity contribution in [3.05, 3.63) is 35.4 Å². The molecule has 0 heterocycles. The average Bonchev–Trinajstić information content (AvgIpc) is 2.42. The van der Waals surface area contributed by atoms with Crippen molar-refractivity contribution < 1.29 is 10.5 Å². The molecule has 1 aliphatic rings. The molecule has 2 N–H and O–H groups in total. The minimum absolute atomic E-state index is 0.670. The van der Waals surface area contributed by atoms with Crippen LogP contribution in [0.5, 0.6) is 0 Å². The summed E-state index contributed by atoms with van der Waals surface area (Å²) in [4.78, 5) is 0. The van der Waals surface area contributed by atoms with Crippen LogP contribution in [-0.2, 0) is 0 Å². The number of benzene rings is 1. The van der Waals surface area contributed by atoms with Crippen LogP contribution in [-0.4, -0.2) is 10.5 Å². The highest BCUT2D eigenvalue weighted by Gasteiger charge is 2.18. The molecule has 1 saturated carbocycles. The minimum atomic E-state index is 0.670. The van der Waals surface area contributed by atoms with E-state index in [0.717, 1.165) is 5.92 Å². The summed E-state index contributed by atoms with van der Waals surface area (Å²) >= 11 is 0.